The molecular formula is C17H22BNO5. The zero-order chi connectivity index (χ0) is 17.1. The Bertz CT molecular complexity index is 721. The van der Waals surface area contributed by atoms with Crippen LogP contribution in [-0.2, 0) is 20.8 Å². The third-order valence-electron chi connectivity index (χ3n) is 4.27. The number of ether oxygens (including phenoxy) is 3. The minimum absolute atomic E-state index is 0.190. The molecule has 0 bridgehead atoms. The first kappa shape index (κ1) is 17.0. The van der Waals surface area contributed by atoms with Crippen LogP contribution in [0.2, 0.25) is 6.82 Å². The summed E-state index contributed by atoms with van der Waals surface area (Å²) < 4.78 is 18.0. The highest BCUT2D eigenvalue weighted by Gasteiger charge is 2.20. The van der Waals surface area contributed by atoms with Crippen molar-refractivity contribution in [3.63, 3.8) is 0 Å². The largest absolute Gasteiger partial charge is 0.465 e. The van der Waals surface area contributed by atoms with Crippen LogP contribution < -0.4 is 0 Å². The van der Waals surface area contributed by atoms with E-state index in [4.69, 9.17) is 14.2 Å². The Balaban J connectivity index is 1.87. The number of carbonyl (C=O) groups excluding carboxylic acids is 1. The normalized spacial score (nSPS) is 17.9. The molecule has 1 atom stereocenters. The van der Waals surface area contributed by atoms with Crippen LogP contribution in [0, 0.1) is 0 Å². The second kappa shape index (κ2) is 7.38. The van der Waals surface area contributed by atoms with Crippen LogP contribution in [0.25, 0.3) is 10.9 Å². The maximum absolute atomic E-state index is 11.7. The molecule has 0 amide bonds. The van der Waals surface area contributed by atoms with E-state index in [9.17, 15) is 9.82 Å². The van der Waals surface area contributed by atoms with E-state index in [0.717, 1.165) is 42.5 Å². The predicted octanol–water partition coefficient (Wildman–Crippen LogP) is 2.43. The van der Waals surface area contributed by atoms with Gasteiger partial charge in [0.2, 0.25) is 0 Å². The Hall–Kier alpha value is -1.83. The van der Waals surface area contributed by atoms with Crippen molar-refractivity contribution in [1.29, 1.82) is 0 Å². The van der Waals surface area contributed by atoms with Gasteiger partial charge in [0.15, 0.2) is 6.29 Å². The zero-order valence-electron chi connectivity index (χ0n) is 14.0. The second-order valence-electron chi connectivity index (χ2n) is 6.01. The van der Waals surface area contributed by atoms with Gasteiger partial charge in [-0.05, 0) is 55.7 Å². The monoisotopic (exact) mass is 331 g/mol. The van der Waals surface area contributed by atoms with Gasteiger partial charge in [-0.3, -0.25) is 0 Å². The van der Waals surface area contributed by atoms with Crippen molar-refractivity contribution in [3.05, 3.63) is 35.5 Å². The number of fused-ring (bicyclic) bond motifs is 1. The van der Waals surface area contributed by atoms with Crippen molar-refractivity contribution >= 4 is 23.9 Å². The van der Waals surface area contributed by atoms with E-state index in [0.29, 0.717) is 12.2 Å². The Morgan fingerprint density at radius 1 is 1.42 bits per heavy atom. The van der Waals surface area contributed by atoms with Gasteiger partial charge in [-0.2, -0.15) is 0 Å². The average molecular weight is 331 g/mol. The number of hydrogen-bond acceptors (Lipinski definition) is 5. The van der Waals surface area contributed by atoms with Crippen LogP contribution in [-0.4, -0.2) is 42.5 Å². The standard InChI is InChI=1S/C17H22BNO5/c1-18(21)19-14(11-24-16-5-3-4-8-23-16)10-13-9-12(17(20)22-2)6-7-15(13)19/h6-7,9-10,16,21H,3-5,8,11H2,1-2H3. The summed E-state index contributed by atoms with van der Waals surface area (Å²) in [5.41, 5.74) is 2.17. The molecule has 6 nitrogen and oxygen atoms in total. The van der Waals surface area contributed by atoms with Crippen molar-refractivity contribution in [2.24, 2.45) is 0 Å². The molecule has 0 spiro atoms. The summed E-state index contributed by atoms with van der Waals surface area (Å²) in [7, 11) is 0.661. The number of benzene rings is 1. The van der Waals surface area contributed by atoms with Gasteiger partial charge in [0.25, 0.3) is 0 Å². The van der Waals surface area contributed by atoms with Crippen LogP contribution in [0.1, 0.15) is 35.3 Å². The molecule has 0 saturated carbocycles. The SMILES string of the molecule is COC(=O)c1ccc2c(c1)cc(COC1CCCCO1)n2B(C)O. The van der Waals surface area contributed by atoms with E-state index in [1.165, 1.54) is 7.11 Å². The van der Waals surface area contributed by atoms with Gasteiger partial charge >= 0.3 is 13.0 Å². The number of methoxy groups -OCH3 is 1. The number of rotatable bonds is 5. The highest BCUT2D eigenvalue weighted by molar-refractivity contribution is 6.48. The van der Waals surface area contributed by atoms with Gasteiger partial charge in [-0.1, -0.05) is 0 Å². The zero-order valence-corrected chi connectivity index (χ0v) is 14.0. The van der Waals surface area contributed by atoms with Crippen molar-refractivity contribution in [2.45, 2.75) is 39.0 Å². The highest BCUT2D eigenvalue weighted by atomic mass is 16.7. The fourth-order valence-corrected chi connectivity index (χ4v) is 3.11. The lowest BCUT2D eigenvalue weighted by atomic mass is 9.87. The van der Waals surface area contributed by atoms with E-state index in [1.807, 2.05) is 12.1 Å². The van der Waals surface area contributed by atoms with Crippen LogP contribution >= 0.6 is 0 Å². The van der Waals surface area contributed by atoms with Gasteiger partial charge in [-0.25, -0.2) is 4.79 Å². The third kappa shape index (κ3) is 3.48. The highest BCUT2D eigenvalue weighted by Crippen LogP contribution is 2.24. The lowest BCUT2D eigenvalue weighted by Crippen LogP contribution is -2.25. The number of carbonyl (C=O) groups is 1. The minimum atomic E-state index is -0.697. The lowest BCUT2D eigenvalue weighted by Gasteiger charge is -2.23. The third-order valence-corrected chi connectivity index (χ3v) is 4.27. The van der Waals surface area contributed by atoms with Crippen LogP contribution in [0.3, 0.4) is 0 Å². The molecule has 7 heteroatoms. The molecule has 1 aromatic heterocycles. The molecule has 3 rings (SSSR count). The van der Waals surface area contributed by atoms with Crippen molar-refractivity contribution in [3.8, 4) is 0 Å². The summed E-state index contributed by atoms with van der Waals surface area (Å²) in [5.74, 6) is -0.380. The van der Waals surface area contributed by atoms with Gasteiger partial charge in [0, 0.05) is 17.8 Å². The van der Waals surface area contributed by atoms with Gasteiger partial charge < -0.3 is 23.7 Å². The molecule has 2 aromatic rings. The lowest BCUT2D eigenvalue weighted by molar-refractivity contribution is -0.169. The first-order valence-corrected chi connectivity index (χ1v) is 8.23. The van der Waals surface area contributed by atoms with E-state index < -0.39 is 7.05 Å². The first-order valence-electron chi connectivity index (χ1n) is 8.23. The molecule has 1 aliphatic rings. The quantitative estimate of drug-likeness (QED) is 0.673. The van der Waals surface area contributed by atoms with Crippen LogP contribution in [0.5, 0.6) is 0 Å². The first-order chi connectivity index (χ1) is 11.6. The average Bonchev–Trinajstić information content (AvgIpc) is 2.97. The van der Waals surface area contributed by atoms with E-state index in [2.05, 4.69) is 0 Å². The Morgan fingerprint density at radius 2 is 2.25 bits per heavy atom. The summed E-state index contributed by atoms with van der Waals surface area (Å²) in [5, 5.41) is 11.0. The number of esters is 1. The van der Waals surface area contributed by atoms with Gasteiger partial charge in [-0.15, -0.1) is 0 Å². The van der Waals surface area contributed by atoms with E-state index >= 15 is 0 Å². The molecule has 1 saturated heterocycles. The summed E-state index contributed by atoms with van der Waals surface area (Å²) in [6.45, 7) is 2.78. The number of nitrogens with zero attached hydrogens (tertiary/aromatic N) is 1. The van der Waals surface area contributed by atoms with Gasteiger partial charge in [0.1, 0.15) is 0 Å². The molecule has 2 heterocycles. The minimum Gasteiger partial charge on any atom is -0.465 e. The van der Waals surface area contributed by atoms with E-state index in [-0.39, 0.29) is 12.3 Å². The summed E-state index contributed by atoms with van der Waals surface area (Å²) in [4.78, 5) is 11.7. The molecule has 1 unspecified atom stereocenters. The fraction of sp³-hybridized carbons (Fsp3) is 0.471. The Kier molecular flexibility index (Phi) is 5.23. The molecule has 1 aliphatic heterocycles. The van der Waals surface area contributed by atoms with Gasteiger partial charge in [0.05, 0.1) is 19.3 Å². The second-order valence-corrected chi connectivity index (χ2v) is 6.01. The maximum Gasteiger partial charge on any atom is 0.414 e. The smallest absolute Gasteiger partial charge is 0.414 e. The van der Waals surface area contributed by atoms with Crippen molar-refractivity contribution < 1.29 is 24.0 Å². The van der Waals surface area contributed by atoms with Crippen LogP contribution in [0.4, 0.5) is 0 Å². The van der Waals surface area contributed by atoms with Crippen LogP contribution in [0.15, 0.2) is 24.3 Å². The number of hydrogen-bond donors (Lipinski definition) is 1. The molecule has 0 radical (unpaired) electrons. The maximum atomic E-state index is 11.7. The topological polar surface area (TPSA) is 69.9 Å². The Morgan fingerprint density at radius 3 is 2.92 bits per heavy atom. The molecule has 1 aromatic carbocycles. The van der Waals surface area contributed by atoms with E-state index in [1.54, 1.807) is 23.4 Å². The Labute approximate surface area is 141 Å². The molecule has 128 valence electrons. The van der Waals surface area contributed by atoms with Crippen molar-refractivity contribution in [2.75, 3.05) is 13.7 Å². The predicted molar refractivity (Wildman–Crippen MR) is 90.9 cm³/mol. The molecule has 1 fully saturated rings. The van der Waals surface area contributed by atoms with Crippen molar-refractivity contribution in [1.82, 2.24) is 4.48 Å². The molecule has 24 heavy (non-hydrogen) atoms. The summed E-state index contributed by atoms with van der Waals surface area (Å²) in [6, 6.07) is 7.20. The molecule has 0 aliphatic carbocycles. The summed E-state index contributed by atoms with van der Waals surface area (Å²) >= 11 is 0. The fourth-order valence-electron chi connectivity index (χ4n) is 3.11. The molecule has 1 N–H and O–H groups in total. The number of aromatic nitrogens is 1. The molecular weight excluding hydrogens is 309 g/mol. The summed E-state index contributed by atoms with van der Waals surface area (Å²) in [6.07, 6.45) is 2.88.